The second-order valence-corrected chi connectivity index (χ2v) is 0. The summed E-state index contributed by atoms with van der Waals surface area (Å²) < 4.78 is 0. The molecule has 4 heteroatoms. The molecule has 0 rings (SSSR count). The Morgan fingerprint density at radius 2 is 1.00 bits per heavy atom. The van der Waals surface area contributed by atoms with Gasteiger partial charge in [0.15, 0.2) is 0 Å². The van der Waals surface area contributed by atoms with Gasteiger partial charge >= 0.3 is 0 Å². The molecule has 0 aliphatic heterocycles. The first-order valence-corrected chi connectivity index (χ1v) is 0. The zero-order chi connectivity index (χ0) is 0. The van der Waals surface area contributed by atoms with Crippen molar-refractivity contribution in [2.24, 2.45) is 0 Å². The average Bonchev–Trinajstić information content (AvgIpc) is 0. The van der Waals surface area contributed by atoms with E-state index in [1.165, 1.54) is 0 Å². The molecule has 0 radical (unpaired) electrons. The Balaban J connectivity index is 0. The molecule has 0 aromatic carbocycles. The van der Waals surface area contributed by atoms with Gasteiger partial charge in [-0.2, -0.15) is 9.90 Å². The number of hydrogen-bond donors (Lipinski definition) is 0. The predicted molar refractivity (Wildman–Crippen MR) is 11.1 cm³/mol. The van der Waals surface area contributed by atoms with E-state index in [1.807, 2.05) is 0 Å². The van der Waals surface area contributed by atoms with Gasteiger partial charge in [0, 0.05) is 54.6 Å². The standard InChI is InChI=1S/Fe.Ni.H3P.W/h;;1H3;. The minimum absolute atomic E-state index is 0. The Morgan fingerprint density at radius 3 is 1.00 bits per heavy atom. The molecule has 0 saturated carbocycles. The minimum atomic E-state index is 0. The van der Waals surface area contributed by atoms with Gasteiger partial charge in [0.1, 0.15) is 0 Å². The van der Waals surface area contributed by atoms with Crippen LogP contribution in [0.1, 0.15) is 0 Å². The summed E-state index contributed by atoms with van der Waals surface area (Å²) in [6.07, 6.45) is 0. The van der Waals surface area contributed by atoms with E-state index < -0.39 is 0 Å². The molecule has 1 atom stereocenters. The molecule has 0 fully saturated rings. The molecule has 32 valence electrons. The van der Waals surface area contributed by atoms with E-state index in [0.29, 0.717) is 0 Å². The molecule has 0 N–H and O–H groups in total. The van der Waals surface area contributed by atoms with Crippen LogP contribution in [0.15, 0.2) is 0 Å². The van der Waals surface area contributed by atoms with Crippen molar-refractivity contribution in [3.63, 3.8) is 0 Å². The molecule has 0 aliphatic carbocycles. The van der Waals surface area contributed by atoms with Crippen LogP contribution in [-0.4, -0.2) is 0 Å². The number of rotatable bonds is 0. The summed E-state index contributed by atoms with van der Waals surface area (Å²) in [4.78, 5) is 0. The van der Waals surface area contributed by atoms with Crippen LogP contribution in [0.2, 0.25) is 0 Å². The van der Waals surface area contributed by atoms with E-state index in [0.717, 1.165) is 0 Å². The summed E-state index contributed by atoms with van der Waals surface area (Å²) in [5.74, 6) is 0. The fourth-order valence-corrected chi connectivity index (χ4v) is 0. The maximum absolute atomic E-state index is 0. The maximum atomic E-state index is 0. The van der Waals surface area contributed by atoms with Crippen LogP contribution in [0.4, 0.5) is 0 Å². The molecular weight excluding hydrogens is 329 g/mol. The van der Waals surface area contributed by atoms with Gasteiger partial charge in [0.2, 0.25) is 0 Å². The molecule has 0 spiro atoms. The molecule has 0 saturated heterocycles. The smallest absolute Gasteiger partial charge is 0 e. The third-order valence-electron chi connectivity index (χ3n) is 0. The minimum Gasteiger partial charge on any atom is -0.153 e. The van der Waals surface area contributed by atoms with Gasteiger partial charge in [0.25, 0.3) is 0 Å². The van der Waals surface area contributed by atoms with Gasteiger partial charge < -0.3 is 0 Å². The third kappa shape index (κ3) is 8.92. The van der Waals surface area contributed by atoms with Crippen molar-refractivity contribution in [3.8, 4) is 0 Å². The molecule has 4 heavy (non-hydrogen) atoms. The maximum Gasteiger partial charge on any atom is 0 e. The second kappa shape index (κ2) is 19.3. The van der Waals surface area contributed by atoms with Gasteiger partial charge in [-0.1, -0.05) is 0 Å². The zero-order valence-electron chi connectivity index (χ0n) is 1.79. The Kier molecular flexibility index (Phi) is 171. The van der Waals surface area contributed by atoms with Crippen molar-refractivity contribution >= 4 is 9.90 Å². The second-order valence-electron chi connectivity index (χ2n) is 0. The zero-order valence-corrected chi connectivity index (χ0v) is 8.22. The van der Waals surface area contributed by atoms with Crippen LogP contribution in [-0.2, 0) is 54.6 Å². The van der Waals surface area contributed by atoms with Crippen molar-refractivity contribution < 1.29 is 54.6 Å². The van der Waals surface area contributed by atoms with E-state index in [2.05, 4.69) is 0 Å². The van der Waals surface area contributed by atoms with Crippen LogP contribution >= 0.6 is 9.90 Å². The fourth-order valence-electron chi connectivity index (χ4n) is 0. The van der Waals surface area contributed by atoms with Gasteiger partial charge in [-0.25, -0.2) is 0 Å². The Labute approximate surface area is 64.1 Å². The fraction of sp³-hybridized carbons (Fsp3) is 0. The molecule has 0 nitrogen and oxygen atoms in total. The Morgan fingerprint density at radius 1 is 1.00 bits per heavy atom. The number of hydrogen-bond acceptors (Lipinski definition) is 0. The monoisotopic (exact) mass is 332 g/mol. The van der Waals surface area contributed by atoms with Crippen molar-refractivity contribution in [2.75, 3.05) is 0 Å². The Bertz CT molecular complexity index is 8.00. The van der Waals surface area contributed by atoms with Crippen molar-refractivity contribution in [2.45, 2.75) is 0 Å². The van der Waals surface area contributed by atoms with Crippen LogP contribution < -0.4 is 0 Å². The molecular formula is H3FeNiPW. The van der Waals surface area contributed by atoms with E-state index >= 15 is 0 Å². The first-order chi connectivity index (χ1) is 0. The molecule has 0 aliphatic rings. The summed E-state index contributed by atoms with van der Waals surface area (Å²) in [5.41, 5.74) is 0. The molecule has 0 amide bonds. The van der Waals surface area contributed by atoms with Crippen LogP contribution in [0.25, 0.3) is 0 Å². The quantitative estimate of drug-likeness (QED) is 0.434. The molecule has 0 heterocycles. The molecule has 0 aromatic heterocycles. The molecule has 1 unspecified atom stereocenters. The Hall–Kier alpha value is 2.13. The summed E-state index contributed by atoms with van der Waals surface area (Å²) in [6, 6.07) is 0. The van der Waals surface area contributed by atoms with Gasteiger partial charge in [-0.05, 0) is 0 Å². The summed E-state index contributed by atoms with van der Waals surface area (Å²) in [6.45, 7) is 0. The van der Waals surface area contributed by atoms with E-state index in [1.54, 1.807) is 0 Å². The van der Waals surface area contributed by atoms with Gasteiger partial charge in [0.05, 0.1) is 0 Å². The predicted octanol–water partition coefficient (Wildman–Crippen LogP) is 0.0506. The summed E-state index contributed by atoms with van der Waals surface area (Å²) >= 11 is 0. The summed E-state index contributed by atoms with van der Waals surface area (Å²) in [7, 11) is 0. The topological polar surface area (TPSA) is 0 Å². The van der Waals surface area contributed by atoms with Crippen molar-refractivity contribution in [1.82, 2.24) is 0 Å². The van der Waals surface area contributed by atoms with Gasteiger partial charge in [-0.15, -0.1) is 0 Å². The normalized spacial score (nSPS) is 0. The van der Waals surface area contributed by atoms with Crippen LogP contribution in [0.5, 0.6) is 0 Å². The summed E-state index contributed by atoms with van der Waals surface area (Å²) in [5, 5.41) is 0. The van der Waals surface area contributed by atoms with Crippen molar-refractivity contribution in [1.29, 1.82) is 0 Å². The first-order valence-electron chi connectivity index (χ1n) is 0. The SMILES string of the molecule is P.[Fe].[Ni].[W]. The first kappa shape index (κ1) is 35.5. The third-order valence-corrected chi connectivity index (χ3v) is 0. The van der Waals surface area contributed by atoms with E-state index in [-0.39, 0.29) is 64.5 Å². The molecule has 0 bridgehead atoms. The van der Waals surface area contributed by atoms with Crippen LogP contribution in [0, 0.1) is 0 Å². The average molecular weight is 332 g/mol. The largest absolute Gasteiger partial charge is 0.153 e. The van der Waals surface area contributed by atoms with Crippen LogP contribution in [0.3, 0.4) is 0 Å². The van der Waals surface area contributed by atoms with E-state index in [4.69, 9.17) is 0 Å². The van der Waals surface area contributed by atoms with E-state index in [9.17, 15) is 0 Å². The molecule has 0 aromatic rings. The van der Waals surface area contributed by atoms with Crippen molar-refractivity contribution in [3.05, 3.63) is 0 Å². The van der Waals surface area contributed by atoms with Gasteiger partial charge in [-0.3, -0.25) is 0 Å².